The monoisotopic (exact) mass is 574 g/mol. The minimum atomic E-state index is -0.245. The van der Waals surface area contributed by atoms with E-state index >= 15 is 0 Å². The fourth-order valence-electron chi connectivity index (χ4n) is 6.22. The van der Waals surface area contributed by atoms with E-state index in [-0.39, 0.29) is 44.1 Å². The third-order valence-corrected chi connectivity index (χ3v) is 12.0. The average molecular weight is 574 g/mol. The molecule has 0 saturated carbocycles. The van der Waals surface area contributed by atoms with Crippen LogP contribution >= 0.6 is 0 Å². The van der Waals surface area contributed by atoms with Crippen molar-refractivity contribution in [3.8, 4) is 0 Å². The van der Waals surface area contributed by atoms with Gasteiger partial charge < -0.3 is 0 Å². The number of nitrogens with zero attached hydrogens (tertiary/aromatic N) is 3. The summed E-state index contributed by atoms with van der Waals surface area (Å²) >= 11 is 0. The van der Waals surface area contributed by atoms with Crippen LogP contribution in [-0.4, -0.2) is 67.6 Å². The molecule has 0 fully saturated rings. The second kappa shape index (κ2) is 12.2. The summed E-state index contributed by atoms with van der Waals surface area (Å²) in [6, 6.07) is 0. The van der Waals surface area contributed by atoms with Crippen molar-refractivity contribution in [3.05, 3.63) is 36.5 Å². The second-order valence-electron chi connectivity index (χ2n) is 18.5. The average Bonchev–Trinajstić information content (AvgIpc) is 2.71. The Bertz CT molecular complexity index is 871. The smallest absolute Gasteiger partial charge is 0.0341 e. The van der Waals surface area contributed by atoms with Crippen LogP contribution in [0, 0.1) is 10.8 Å². The molecule has 0 spiro atoms. The first-order valence-corrected chi connectivity index (χ1v) is 15.9. The summed E-state index contributed by atoms with van der Waals surface area (Å²) in [5.41, 5.74) is 2.61. The Labute approximate surface area is 259 Å². The van der Waals surface area contributed by atoms with Crippen molar-refractivity contribution in [2.75, 3.05) is 19.6 Å². The summed E-state index contributed by atoms with van der Waals surface area (Å²) in [6.45, 7) is 65.7. The third kappa shape index (κ3) is 7.79. The molecule has 0 rings (SSSR count). The molecular weight excluding hydrogens is 498 g/mol. The highest BCUT2D eigenvalue weighted by Crippen LogP contribution is 2.50. The summed E-state index contributed by atoms with van der Waals surface area (Å²) in [5, 5.41) is 0. The van der Waals surface area contributed by atoms with Gasteiger partial charge in [-0.25, -0.2) is 0 Å². The van der Waals surface area contributed by atoms with E-state index in [1.807, 2.05) is 0 Å². The van der Waals surface area contributed by atoms with E-state index in [1.165, 1.54) is 16.7 Å². The van der Waals surface area contributed by atoms with E-state index < -0.39 is 0 Å². The number of rotatable bonds is 14. The van der Waals surface area contributed by atoms with Gasteiger partial charge in [-0.3, -0.25) is 14.7 Å². The maximum atomic E-state index is 4.45. The minimum Gasteiger partial charge on any atom is -0.287 e. The molecule has 0 amide bonds. The van der Waals surface area contributed by atoms with Crippen molar-refractivity contribution in [2.45, 2.75) is 179 Å². The number of hydrogen-bond donors (Lipinski definition) is 0. The third-order valence-electron chi connectivity index (χ3n) is 12.0. The first-order chi connectivity index (χ1) is 17.6. The van der Waals surface area contributed by atoms with Crippen molar-refractivity contribution in [1.82, 2.24) is 14.7 Å². The lowest BCUT2D eigenvalue weighted by molar-refractivity contribution is -0.166. The Hall–Kier alpha value is -0.900. The Kier molecular flexibility index (Phi) is 12.0. The van der Waals surface area contributed by atoms with Crippen molar-refractivity contribution in [2.24, 2.45) is 10.8 Å². The van der Waals surface area contributed by atoms with E-state index in [1.54, 1.807) is 0 Å². The molecule has 0 aliphatic heterocycles. The topological polar surface area (TPSA) is 9.72 Å². The van der Waals surface area contributed by atoms with Crippen molar-refractivity contribution < 1.29 is 0 Å². The van der Waals surface area contributed by atoms with Crippen LogP contribution in [0.5, 0.6) is 0 Å². The Morgan fingerprint density at radius 1 is 0.341 bits per heavy atom. The summed E-state index contributed by atoms with van der Waals surface area (Å²) < 4.78 is 0. The van der Waals surface area contributed by atoms with Crippen LogP contribution in [0.3, 0.4) is 0 Å². The summed E-state index contributed by atoms with van der Waals surface area (Å²) in [5.74, 6) is 0. The van der Waals surface area contributed by atoms with Gasteiger partial charge in [0.1, 0.15) is 0 Å². The standard InChI is InChI=1S/C38H75N3/c1-28(2)25-39(33(13,14)31(7,8)9)35(17,18)37(21,22)41(27-30(5)6)38(23,24)36(19,20)40(26-29(3)4)34(15,16)32(10,11)12/h1,3,5,25-27H2,2,4,6-24H3. The summed E-state index contributed by atoms with van der Waals surface area (Å²) in [4.78, 5) is 8.21. The van der Waals surface area contributed by atoms with Crippen LogP contribution in [0.25, 0.3) is 0 Å². The summed E-state index contributed by atoms with van der Waals surface area (Å²) in [6.07, 6.45) is 0. The van der Waals surface area contributed by atoms with E-state index in [4.69, 9.17) is 0 Å². The molecule has 3 heteroatoms. The van der Waals surface area contributed by atoms with Gasteiger partial charge in [0, 0.05) is 52.9 Å². The molecule has 0 aliphatic rings. The molecule has 0 heterocycles. The van der Waals surface area contributed by atoms with E-state index in [0.717, 1.165) is 19.6 Å². The van der Waals surface area contributed by atoms with Gasteiger partial charge in [-0.1, -0.05) is 78.0 Å². The van der Waals surface area contributed by atoms with Gasteiger partial charge in [-0.2, -0.15) is 0 Å². The van der Waals surface area contributed by atoms with E-state index in [9.17, 15) is 0 Å². The van der Waals surface area contributed by atoms with Crippen molar-refractivity contribution >= 4 is 0 Å². The molecule has 0 unspecified atom stereocenters. The van der Waals surface area contributed by atoms with Crippen LogP contribution in [0.15, 0.2) is 36.5 Å². The predicted molar refractivity (Wildman–Crippen MR) is 188 cm³/mol. The quantitative estimate of drug-likeness (QED) is 0.191. The molecule has 3 nitrogen and oxygen atoms in total. The van der Waals surface area contributed by atoms with Crippen LogP contribution in [-0.2, 0) is 0 Å². The molecule has 0 aromatic heterocycles. The zero-order chi connectivity index (χ0) is 33.6. The highest BCUT2D eigenvalue weighted by Gasteiger charge is 2.59. The summed E-state index contributed by atoms with van der Waals surface area (Å²) in [7, 11) is 0. The molecule has 0 atom stereocenters. The molecular formula is C38H75N3. The first-order valence-electron chi connectivity index (χ1n) is 15.9. The second-order valence-corrected chi connectivity index (χ2v) is 18.5. The molecule has 0 aromatic carbocycles. The molecule has 0 aromatic rings. The van der Waals surface area contributed by atoms with Gasteiger partial charge in [0.25, 0.3) is 0 Å². The van der Waals surface area contributed by atoms with Crippen LogP contribution < -0.4 is 0 Å². The largest absolute Gasteiger partial charge is 0.287 e. The van der Waals surface area contributed by atoms with Gasteiger partial charge in [0.2, 0.25) is 0 Å². The molecule has 0 aliphatic carbocycles. The molecule has 0 radical (unpaired) electrons. The number of hydrogen-bond acceptors (Lipinski definition) is 3. The maximum Gasteiger partial charge on any atom is 0.0341 e. The molecule has 0 bridgehead atoms. The fourth-order valence-corrected chi connectivity index (χ4v) is 6.22. The lowest BCUT2D eigenvalue weighted by atomic mass is 9.66. The molecule has 0 N–H and O–H groups in total. The van der Waals surface area contributed by atoms with E-state index in [2.05, 4.69) is 180 Å². The Balaban J connectivity index is 7.58. The Morgan fingerprint density at radius 3 is 0.610 bits per heavy atom. The zero-order valence-electron chi connectivity index (χ0n) is 32.1. The molecule has 41 heavy (non-hydrogen) atoms. The SMILES string of the molecule is C=C(C)CN(C(C)(C)C(C)(C)C)C(C)(C)C(C)(C)N(CC(=C)C)C(C)(C)C(C)(C)N(CC(=C)C)C(C)(C)C(C)(C)C. The Morgan fingerprint density at radius 2 is 0.488 bits per heavy atom. The van der Waals surface area contributed by atoms with Gasteiger partial charge in [-0.15, -0.1) is 0 Å². The minimum absolute atomic E-state index is 0.0682. The van der Waals surface area contributed by atoms with Gasteiger partial charge in [0.05, 0.1) is 0 Å². The molecule has 0 saturated heterocycles. The van der Waals surface area contributed by atoms with Gasteiger partial charge >= 0.3 is 0 Å². The van der Waals surface area contributed by atoms with Crippen molar-refractivity contribution in [3.63, 3.8) is 0 Å². The van der Waals surface area contributed by atoms with Gasteiger partial charge in [0.15, 0.2) is 0 Å². The highest BCUT2D eigenvalue weighted by molar-refractivity contribution is 5.19. The van der Waals surface area contributed by atoms with Crippen LogP contribution in [0.2, 0.25) is 0 Å². The van der Waals surface area contributed by atoms with Crippen molar-refractivity contribution in [1.29, 1.82) is 0 Å². The first kappa shape index (κ1) is 40.1. The van der Waals surface area contributed by atoms with E-state index in [0.29, 0.717) is 0 Å². The predicted octanol–water partition coefficient (Wildman–Crippen LogP) is 10.4. The zero-order valence-corrected chi connectivity index (χ0v) is 32.1. The van der Waals surface area contributed by atoms with Gasteiger partial charge in [-0.05, 0) is 115 Å². The van der Waals surface area contributed by atoms with Crippen LogP contribution in [0.4, 0.5) is 0 Å². The lowest BCUT2D eigenvalue weighted by Gasteiger charge is -2.68. The lowest BCUT2D eigenvalue weighted by Crippen LogP contribution is -2.79. The fraction of sp³-hybridized carbons (Fsp3) is 0.842. The maximum absolute atomic E-state index is 4.45. The van der Waals surface area contributed by atoms with Crippen LogP contribution in [0.1, 0.15) is 145 Å². The molecule has 242 valence electrons. The highest BCUT2D eigenvalue weighted by atomic mass is 15.4. The normalized spacial score (nSPS) is 15.2.